The Bertz CT molecular complexity index is 1060. The van der Waals surface area contributed by atoms with E-state index in [0.29, 0.717) is 35.6 Å². The quantitative estimate of drug-likeness (QED) is 0.339. The first-order chi connectivity index (χ1) is 17.3. The first-order valence-electron chi connectivity index (χ1n) is 13.1. The van der Waals surface area contributed by atoms with Gasteiger partial charge in [0, 0.05) is 22.9 Å². The number of dihydropyridines is 1. The Morgan fingerprint density at radius 2 is 1.72 bits per heavy atom. The van der Waals surface area contributed by atoms with Crippen LogP contribution in [0.3, 0.4) is 0 Å². The van der Waals surface area contributed by atoms with E-state index in [1.807, 2.05) is 45.0 Å². The van der Waals surface area contributed by atoms with Crippen LogP contribution in [0.2, 0.25) is 0 Å². The van der Waals surface area contributed by atoms with Gasteiger partial charge in [0.05, 0.1) is 19.3 Å². The summed E-state index contributed by atoms with van der Waals surface area (Å²) in [6.07, 6.45) is 6.50. The lowest BCUT2D eigenvalue weighted by Gasteiger charge is -2.38. The second kappa shape index (κ2) is 11.3. The van der Waals surface area contributed by atoms with Crippen molar-refractivity contribution >= 4 is 17.7 Å². The molecule has 7 heteroatoms. The minimum atomic E-state index is -0.904. The molecule has 0 saturated heterocycles. The number of carbonyl (C=O) groups excluding carboxylic acids is 3. The SMILES string of the molecule is CCOc1ccc([C@H]2C(C(=O)OC3CCCCCC3)=C(C)NC3=C2C(=O)[C@@H](C(=O)OC)[C@H](C)C3)cc1. The van der Waals surface area contributed by atoms with Crippen molar-refractivity contribution in [3.63, 3.8) is 0 Å². The molecule has 1 aromatic carbocycles. The highest BCUT2D eigenvalue weighted by molar-refractivity contribution is 6.12. The fourth-order valence-corrected chi connectivity index (χ4v) is 5.78. The first-order valence-corrected chi connectivity index (χ1v) is 13.1. The molecule has 0 spiro atoms. The Hall–Kier alpha value is -3.09. The largest absolute Gasteiger partial charge is 0.494 e. The number of ether oxygens (including phenoxy) is 3. The molecule has 36 heavy (non-hydrogen) atoms. The van der Waals surface area contributed by atoms with Gasteiger partial charge in [0.25, 0.3) is 0 Å². The molecule has 0 bridgehead atoms. The summed E-state index contributed by atoms with van der Waals surface area (Å²) in [5.74, 6) is -2.29. The highest BCUT2D eigenvalue weighted by atomic mass is 16.5. The summed E-state index contributed by atoms with van der Waals surface area (Å²) in [5, 5.41) is 3.33. The van der Waals surface area contributed by atoms with Gasteiger partial charge in [-0.1, -0.05) is 31.9 Å². The zero-order chi connectivity index (χ0) is 25.8. The molecule has 3 aliphatic rings. The lowest BCUT2D eigenvalue weighted by molar-refractivity contribution is -0.151. The molecule has 1 heterocycles. The topological polar surface area (TPSA) is 90.9 Å². The molecule has 2 aliphatic carbocycles. The van der Waals surface area contributed by atoms with Gasteiger partial charge in [-0.25, -0.2) is 4.79 Å². The third-order valence-corrected chi connectivity index (χ3v) is 7.56. The zero-order valence-corrected chi connectivity index (χ0v) is 21.7. The van der Waals surface area contributed by atoms with Crippen molar-refractivity contribution in [2.24, 2.45) is 11.8 Å². The summed E-state index contributed by atoms with van der Waals surface area (Å²) >= 11 is 0. The summed E-state index contributed by atoms with van der Waals surface area (Å²) in [5.41, 5.74) is 3.10. The molecule has 1 aliphatic heterocycles. The minimum Gasteiger partial charge on any atom is -0.494 e. The number of methoxy groups -OCH3 is 1. The first kappa shape index (κ1) is 26.0. The van der Waals surface area contributed by atoms with Crippen LogP contribution in [0.4, 0.5) is 0 Å². The molecule has 0 amide bonds. The molecule has 194 valence electrons. The van der Waals surface area contributed by atoms with Gasteiger partial charge >= 0.3 is 11.9 Å². The number of hydrogen-bond acceptors (Lipinski definition) is 7. The van der Waals surface area contributed by atoms with Crippen molar-refractivity contribution in [2.45, 2.75) is 77.7 Å². The van der Waals surface area contributed by atoms with Crippen LogP contribution in [0.25, 0.3) is 0 Å². The van der Waals surface area contributed by atoms with E-state index >= 15 is 0 Å². The fourth-order valence-electron chi connectivity index (χ4n) is 5.78. The molecule has 4 rings (SSSR count). The third kappa shape index (κ3) is 5.20. The molecule has 1 fully saturated rings. The fraction of sp³-hybridized carbons (Fsp3) is 0.552. The zero-order valence-electron chi connectivity index (χ0n) is 21.7. The molecular weight excluding hydrogens is 458 g/mol. The van der Waals surface area contributed by atoms with Gasteiger partial charge < -0.3 is 19.5 Å². The number of benzene rings is 1. The van der Waals surface area contributed by atoms with Gasteiger partial charge in [0.15, 0.2) is 5.78 Å². The van der Waals surface area contributed by atoms with Crippen molar-refractivity contribution < 1.29 is 28.6 Å². The summed E-state index contributed by atoms with van der Waals surface area (Å²) in [6.45, 7) is 6.19. The molecule has 3 atom stereocenters. The standard InChI is InChI=1S/C29H37NO6/c1-5-35-20-14-12-19(13-15-20)25-24(29(33)36-21-10-8-6-7-9-11-21)18(3)30-22-16-17(2)23(28(32)34-4)27(31)26(22)25/h12-15,17,21,23,25,30H,5-11,16H2,1-4H3/t17-,23+,25+/m1/s1. The van der Waals surface area contributed by atoms with Gasteiger partial charge in [-0.15, -0.1) is 0 Å². The van der Waals surface area contributed by atoms with Crippen LogP contribution in [0.1, 0.15) is 77.2 Å². The molecule has 1 saturated carbocycles. The van der Waals surface area contributed by atoms with E-state index < -0.39 is 23.8 Å². The maximum atomic E-state index is 13.8. The van der Waals surface area contributed by atoms with Crippen LogP contribution in [0, 0.1) is 11.8 Å². The van der Waals surface area contributed by atoms with Gasteiger partial charge in [-0.05, 0) is 69.6 Å². The maximum absolute atomic E-state index is 13.8. The number of hydrogen-bond donors (Lipinski definition) is 1. The number of allylic oxidation sites excluding steroid dienone is 3. The van der Waals surface area contributed by atoms with Gasteiger partial charge in [-0.3, -0.25) is 9.59 Å². The lowest BCUT2D eigenvalue weighted by Crippen LogP contribution is -2.43. The van der Waals surface area contributed by atoms with Crippen LogP contribution in [0.15, 0.2) is 46.8 Å². The number of Topliss-reactive ketones (excluding diaryl/α,β-unsaturated/α-hetero) is 1. The van der Waals surface area contributed by atoms with Crippen LogP contribution >= 0.6 is 0 Å². The number of rotatable bonds is 6. The van der Waals surface area contributed by atoms with Crippen molar-refractivity contribution in [2.75, 3.05) is 13.7 Å². The van der Waals surface area contributed by atoms with E-state index in [9.17, 15) is 14.4 Å². The number of esters is 2. The van der Waals surface area contributed by atoms with Crippen molar-refractivity contribution in [3.05, 3.63) is 52.4 Å². The molecule has 0 aromatic heterocycles. The number of ketones is 1. The van der Waals surface area contributed by atoms with Crippen molar-refractivity contribution in [1.29, 1.82) is 0 Å². The van der Waals surface area contributed by atoms with E-state index in [-0.39, 0.29) is 17.8 Å². The number of carbonyl (C=O) groups is 3. The van der Waals surface area contributed by atoms with Crippen molar-refractivity contribution in [3.8, 4) is 5.75 Å². The summed E-state index contributed by atoms with van der Waals surface area (Å²) in [6, 6.07) is 7.46. The van der Waals surface area contributed by atoms with Crippen LogP contribution in [0.5, 0.6) is 5.75 Å². The smallest absolute Gasteiger partial charge is 0.337 e. The van der Waals surface area contributed by atoms with E-state index in [0.717, 1.165) is 49.8 Å². The molecule has 7 nitrogen and oxygen atoms in total. The summed E-state index contributed by atoms with van der Waals surface area (Å²) < 4.78 is 16.6. The molecule has 0 radical (unpaired) electrons. The Kier molecular flexibility index (Phi) is 8.17. The van der Waals surface area contributed by atoms with Gasteiger partial charge in [-0.2, -0.15) is 0 Å². The number of nitrogens with one attached hydrogen (secondary N) is 1. The van der Waals surface area contributed by atoms with Gasteiger partial charge in [0.2, 0.25) is 0 Å². The molecule has 0 unspecified atom stereocenters. The summed E-state index contributed by atoms with van der Waals surface area (Å²) in [4.78, 5) is 40.1. The summed E-state index contributed by atoms with van der Waals surface area (Å²) in [7, 11) is 1.30. The molecule has 1 aromatic rings. The third-order valence-electron chi connectivity index (χ3n) is 7.56. The Morgan fingerprint density at radius 1 is 1.06 bits per heavy atom. The average Bonchev–Trinajstić information content (AvgIpc) is 3.12. The molecular formula is C29H37NO6. The van der Waals surface area contributed by atoms with Crippen LogP contribution in [-0.4, -0.2) is 37.5 Å². The Balaban J connectivity index is 1.76. The van der Waals surface area contributed by atoms with Crippen molar-refractivity contribution in [1.82, 2.24) is 5.32 Å². The van der Waals surface area contributed by atoms with Gasteiger partial charge in [0.1, 0.15) is 17.8 Å². The van der Waals surface area contributed by atoms with E-state index in [2.05, 4.69) is 5.32 Å². The highest BCUT2D eigenvalue weighted by Crippen LogP contribution is 2.46. The molecule has 1 N–H and O–H groups in total. The van der Waals surface area contributed by atoms with E-state index in [1.54, 1.807) is 0 Å². The van der Waals surface area contributed by atoms with E-state index in [1.165, 1.54) is 7.11 Å². The Labute approximate surface area is 213 Å². The lowest BCUT2D eigenvalue weighted by atomic mass is 9.69. The normalized spacial score (nSPS) is 25.0. The van der Waals surface area contributed by atoms with Crippen LogP contribution < -0.4 is 10.1 Å². The highest BCUT2D eigenvalue weighted by Gasteiger charge is 2.47. The second-order valence-electron chi connectivity index (χ2n) is 10.1. The predicted molar refractivity (Wildman–Crippen MR) is 135 cm³/mol. The Morgan fingerprint density at radius 3 is 2.33 bits per heavy atom. The monoisotopic (exact) mass is 495 g/mol. The predicted octanol–water partition coefficient (Wildman–Crippen LogP) is 4.96. The maximum Gasteiger partial charge on any atom is 0.337 e. The van der Waals surface area contributed by atoms with Crippen LogP contribution in [-0.2, 0) is 23.9 Å². The van der Waals surface area contributed by atoms with E-state index in [4.69, 9.17) is 14.2 Å². The second-order valence-corrected chi connectivity index (χ2v) is 10.1. The minimum absolute atomic E-state index is 0.124. The average molecular weight is 496 g/mol.